The van der Waals surface area contributed by atoms with E-state index in [2.05, 4.69) is 10.6 Å². The number of benzene rings is 2. The minimum atomic E-state index is -0.307. The van der Waals surface area contributed by atoms with Gasteiger partial charge in [-0.3, -0.25) is 14.4 Å². The standard InChI is InChI=1S/C19H20ClN3O3S/c1-12(24)21-16-9-8-13(10-15(16)20)22-19(26)14-6-4-5-7-17(14)27-11-18(25)23(2)3/h4-10H,11H2,1-3H3,(H,21,24)(H,22,26). The molecule has 0 spiro atoms. The minimum Gasteiger partial charge on any atom is -0.348 e. The van der Waals surface area contributed by atoms with Crippen LogP contribution in [0.5, 0.6) is 0 Å². The summed E-state index contributed by atoms with van der Waals surface area (Å²) in [6, 6.07) is 11.9. The van der Waals surface area contributed by atoms with E-state index in [9.17, 15) is 14.4 Å². The first-order valence-electron chi connectivity index (χ1n) is 8.08. The third kappa shape index (κ3) is 6.01. The first kappa shape index (κ1) is 20.8. The number of nitrogens with one attached hydrogen (secondary N) is 2. The van der Waals surface area contributed by atoms with Crippen molar-refractivity contribution < 1.29 is 14.4 Å². The van der Waals surface area contributed by atoms with Crippen LogP contribution < -0.4 is 10.6 Å². The van der Waals surface area contributed by atoms with Crippen molar-refractivity contribution in [2.45, 2.75) is 11.8 Å². The van der Waals surface area contributed by atoms with Crippen molar-refractivity contribution in [2.75, 3.05) is 30.5 Å². The molecule has 2 rings (SSSR count). The highest BCUT2D eigenvalue weighted by Gasteiger charge is 2.14. The maximum Gasteiger partial charge on any atom is 0.256 e. The molecule has 2 aromatic carbocycles. The minimum absolute atomic E-state index is 0.0319. The molecule has 6 nitrogen and oxygen atoms in total. The van der Waals surface area contributed by atoms with E-state index in [0.717, 1.165) is 0 Å². The summed E-state index contributed by atoms with van der Waals surface area (Å²) in [5, 5.41) is 5.72. The Balaban J connectivity index is 2.13. The molecule has 0 unspecified atom stereocenters. The Hall–Kier alpha value is -2.51. The summed E-state index contributed by atoms with van der Waals surface area (Å²) in [6.07, 6.45) is 0. The van der Waals surface area contributed by atoms with Crippen LogP contribution in [0.3, 0.4) is 0 Å². The summed E-state index contributed by atoms with van der Waals surface area (Å²) in [6.45, 7) is 1.39. The van der Waals surface area contributed by atoms with Gasteiger partial charge in [0.1, 0.15) is 0 Å². The predicted octanol–water partition coefficient (Wildman–Crippen LogP) is 3.73. The van der Waals surface area contributed by atoms with Crippen molar-refractivity contribution >= 4 is 52.5 Å². The third-order valence-electron chi connectivity index (χ3n) is 3.52. The van der Waals surface area contributed by atoms with Gasteiger partial charge in [0.05, 0.1) is 22.0 Å². The zero-order chi connectivity index (χ0) is 20.0. The SMILES string of the molecule is CC(=O)Nc1ccc(NC(=O)c2ccccc2SCC(=O)N(C)C)cc1Cl. The molecule has 0 fully saturated rings. The lowest BCUT2D eigenvalue weighted by atomic mass is 10.2. The molecule has 0 radical (unpaired) electrons. The summed E-state index contributed by atoms with van der Waals surface area (Å²) in [4.78, 5) is 37.8. The fraction of sp³-hybridized carbons (Fsp3) is 0.211. The van der Waals surface area contributed by atoms with E-state index in [1.54, 1.807) is 50.5 Å². The lowest BCUT2D eigenvalue weighted by molar-refractivity contribution is -0.125. The number of rotatable bonds is 6. The van der Waals surface area contributed by atoms with Gasteiger partial charge in [0, 0.05) is 31.6 Å². The number of carbonyl (C=O) groups excluding carboxylic acids is 3. The topological polar surface area (TPSA) is 78.5 Å². The normalized spacial score (nSPS) is 10.2. The third-order valence-corrected chi connectivity index (χ3v) is 4.89. The number of halogens is 1. The van der Waals surface area contributed by atoms with Crippen LogP contribution in [0.4, 0.5) is 11.4 Å². The van der Waals surface area contributed by atoms with Crippen LogP contribution in [0.15, 0.2) is 47.4 Å². The molecule has 0 heterocycles. The molecule has 0 aliphatic carbocycles. The molecule has 2 N–H and O–H groups in total. The van der Waals surface area contributed by atoms with E-state index in [1.807, 2.05) is 6.07 Å². The number of nitrogens with zero attached hydrogens (tertiary/aromatic N) is 1. The van der Waals surface area contributed by atoms with Gasteiger partial charge in [-0.05, 0) is 30.3 Å². The van der Waals surface area contributed by atoms with Gasteiger partial charge in [-0.1, -0.05) is 23.7 Å². The van der Waals surface area contributed by atoms with E-state index in [4.69, 9.17) is 11.6 Å². The summed E-state index contributed by atoms with van der Waals surface area (Å²) < 4.78 is 0. The second kappa shape index (κ2) is 9.43. The molecule has 0 aliphatic rings. The van der Waals surface area contributed by atoms with Crippen molar-refractivity contribution in [3.8, 4) is 0 Å². The van der Waals surface area contributed by atoms with Crippen LogP contribution >= 0.6 is 23.4 Å². The van der Waals surface area contributed by atoms with Crippen LogP contribution in [0.2, 0.25) is 5.02 Å². The van der Waals surface area contributed by atoms with E-state index in [-0.39, 0.29) is 23.5 Å². The highest BCUT2D eigenvalue weighted by molar-refractivity contribution is 8.00. The molecule has 27 heavy (non-hydrogen) atoms. The van der Waals surface area contributed by atoms with E-state index in [1.165, 1.54) is 23.6 Å². The Morgan fingerprint density at radius 1 is 1.07 bits per heavy atom. The molecular weight excluding hydrogens is 386 g/mol. The molecule has 0 bridgehead atoms. The molecule has 3 amide bonds. The average molecular weight is 406 g/mol. The Kier molecular flexibility index (Phi) is 7.27. The van der Waals surface area contributed by atoms with Gasteiger partial charge in [-0.15, -0.1) is 11.8 Å². The zero-order valence-corrected chi connectivity index (χ0v) is 16.8. The lowest BCUT2D eigenvalue weighted by Gasteiger charge is -2.13. The monoisotopic (exact) mass is 405 g/mol. The second-order valence-corrected chi connectivity index (χ2v) is 7.33. The number of hydrogen-bond acceptors (Lipinski definition) is 4. The zero-order valence-electron chi connectivity index (χ0n) is 15.2. The fourth-order valence-electron chi connectivity index (χ4n) is 2.13. The summed E-state index contributed by atoms with van der Waals surface area (Å²) in [5.41, 5.74) is 1.44. The maximum absolute atomic E-state index is 12.7. The Morgan fingerprint density at radius 3 is 2.41 bits per heavy atom. The summed E-state index contributed by atoms with van der Waals surface area (Å²) >= 11 is 7.45. The molecule has 142 valence electrons. The van der Waals surface area contributed by atoms with Crippen LogP contribution in [0, 0.1) is 0 Å². The second-order valence-electron chi connectivity index (χ2n) is 5.90. The molecule has 0 aliphatic heterocycles. The Labute approximate surface area is 167 Å². The van der Waals surface area contributed by atoms with Crippen molar-refractivity contribution in [1.29, 1.82) is 0 Å². The average Bonchev–Trinajstić information content (AvgIpc) is 2.61. The summed E-state index contributed by atoms with van der Waals surface area (Å²) in [5.74, 6) is -0.324. The van der Waals surface area contributed by atoms with E-state index < -0.39 is 0 Å². The lowest BCUT2D eigenvalue weighted by Crippen LogP contribution is -2.23. The molecule has 8 heteroatoms. The first-order valence-corrected chi connectivity index (χ1v) is 9.44. The van der Waals surface area contributed by atoms with Crippen molar-refractivity contribution in [3.05, 3.63) is 53.1 Å². The Bertz CT molecular complexity index is 871. The van der Waals surface area contributed by atoms with Crippen LogP contribution in [0.1, 0.15) is 17.3 Å². The van der Waals surface area contributed by atoms with E-state index >= 15 is 0 Å². The van der Waals surface area contributed by atoms with Crippen LogP contribution in [-0.2, 0) is 9.59 Å². The fourth-order valence-corrected chi connectivity index (χ4v) is 3.39. The quantitative estimate of drug-likeness (QED) is 0.718. The molecular formula is C19H20ClN3O3S. The smallest absolute Gasteiger partial charge is 0.256 e. The molecule has 2 aromatic rings. The van der Waals surface area contributed by atoms with E-state index in [0.29, 0.717) is 26.9 Å². The van der Waals surface area contributed by atoms with Gasteiger partial charge in [0.2, 0.25) is 11.8 Å². The summed E-state index contributed by atoms with van der Waals surface area (Å²) in [7, 11) is 3.38. The predicted molar refractivity (Wildman–Crippen MR) is 110 cm³/mol. The van der Waals surface area contributed by atoms with Crippen LogP contribution in [-0.4, -0.2) is 42.5 Å². The van der Waals surface area contributed by atoms with Crippen molar-refractivity contribution in [3.63, 3.8) is 0 Å². The number of anilines is 2. The highest BCUT2D eigenvalue weighted by atomic mass is 35.5. The number of amides is 3. The molecule has 0 saturated carbocycles. The van der Waals surface area contributed by atoms with Crippen molar-refractivity contribution in [1.82, 2.24) is 4.90 Å². The molecule has 0 saturated heterocycles. The van der Waals surface area contributed by atoms with Gasteiger partial charge < -0.3 is 15.5 Å². The van der Waals surface area contributed by atoms with Gasteiger partial charge in [-0.25, -0.2) is 0 Å². The van der Waals surface area contributed by atoms with Gasteiger partial charge >= 0.3 is 0 Å². The van der Waals surface area contributed by atoms with Crippen LogP contribution in [0.25, 0.3) is 0 Å². The van der Waals surface area contributed by atoms with Gasteiger partial charge in [0.15, 0.2) is 0 Å². The van der Waals surface area contributed by atoms with Crippen molar-refractivity contribution in [2.24, 2.45) is 0 Å². The number of thioether (sulfide) groups is 1. The Morgan fingerprint density at radius 2 is 1.78 bits per heavy atom. The first-order chi connectivity index (χ1) is 12.8. The van der Waals surface area contributed by atoms with Gasteiger partial charge in [0.25, 0.3) is 5.91 Å². The number of hydrogen-bond donors (Lipinski definition) is 2. The molecule has 0 aromatic heterocycles. The molecule has 0 atom stereocenters. The largest absolute Gasteiger partial charge is 0.348 e. The number of carbonyl (C=O) groups is 3. The highest BCUT2D eigenvalue weighted by Crippen LogP contribution is 2.27. The van der Waals surface area contributed by atoms with Gasteiger partial charge in [-0.2, -0.15) is 0 Å². The maximum atomic E-state index is 12.7.